The lowest BCUT2D eigenvalue weighted by molar-refractivity contribution is 0.506. The molecule has 0 bridgehead atoms. The van der Waals surface area contributed by atoms with E-state index in [1.807, 2.05) is 13.2 Å². The van der Waals surface area contributed by atoms with Gasteiger partial charge in [-0.05, 0) is 30.0 Å². The van der Waals surface area contributed by atoms with Crippen LogP contribution in [0, 0.1) is 5.82 Å². The molecule has 2 rings (SSSR count). The molecule has 0 saturated heterocycles. The maximum Gasteiger partial charge on any atom is 0.145 e. The van der Waals surface area contributed by atoms with Gasteiger partial charge in [0.1, 0.15) is 5.82 Å². The van der Waals surface area contributed by atoms with E-state index >= 15 is 0 Å². The molecule has 0 aliphatic carbocycles. The summed E-state index contributed by atoms with van der Waals surface area (Å²) in [5.74, 6) is 5.15. The van der Waals surface area contributed by atoms with Crippen molar-refractivity contribution >= 4 is 11.6 Å². The summed E-state index contributed by atoms with van der Waals surface area (Å²) in [6.07, 6.45) is 4.84. The molecule has 0 aliphatic rings. The van der Waals surface area contributed by atoms with Gasteiger partial charge in [0.05, 0.1) is 11.2 Å². The number of hydrogen-bond acceptors (Lipinski definition) is 3. The summed E-state index contributed by atoms with van der Waals surface area (Å²) in [4.78, 5) is 0. The normalized spacial score (nSPS) is 12.6. The molecule has 19 heavy (non-hydrogen) atoms. The Balaban J connectivity index is 2.08. The first-order valence-electron chi connectivity index (χ1n) is 5.96. The molecule has 6 heteroatoms. The zero-order valence-electron chi connectivity index (χ0n) is 10.6. The molecule has 0 amide bonds. The van der Waals surface area contributed by atoms with E-state index < -0.39 is 0 Å². The second kappa shape index (κ2) is 6.14. The SMILES string of the molecule is Cn1cc(CC(Cc2cccc(Cl)c2F)NN)cn1. The fraction of sp³-hybridized carbons (Fsp3) is 0.308. The van der Waals surface area contributed by atoms with E-state index in [1.54, 1.807) is 23.0 Å². The standard InChI is InChI=1S/C13H16ClFN4/c1-19-8-9(7-17-19)5-11(18-16)6-10-3-2-4-12(14)13(10)15/h2-4,7-8,11,18H,5-6,16H2,1H3. The van der Waals surface area contributed by atoms with Crippen LogP contribution in [0.25, 0.3) is 0 Å². The summed E-state index contributed by atoms with van der Waals surface area (Å²) in [7, 11) is 1.85. The predicted molar refractivity (Wildman–Crippen MR) is 73.1 cm³/mol. The molecule has 2 aromatic rings. The second-order valence-electron chi connectivity index (χ2n) is 4.51. The number of hydrogen-bond donors (Lipinski definition) is 2. The number of benzene rings is 1. The minimum atomic E-state index is -0.379. The molecule has 0 saturated carbocycles. The first kappa shape index (κ1) is 14.0. The number of hydrazine groups is 1. The van der Waals surface area contributed by atoms with E-state index in [0.29, 0.717) is 18.4 Å². The zero-order valence-corrected chi connectivity index (χ0v) is 11.4. The maximum atomic E-state index is 13.8. The van der Waals surface area contributed by atoms with Crippen molar-refractivity contribution in [3.63, 3.8) is 0 Å². The Kier molecular flexibility index (Phi) is 4.52. The van der Waals surface area contributed by atoms with Crippen molar-refractivity contribution in [3.05, 3.63) is 52.6 Å². The van der Waals surface area contributed by atoms with Gasteiger partial charge >= 0.3 is 0 Å². The van der Waals surface area contributed by atoms with Crippen LogP contribution in [0.3, 0.4) is 0 Å². The highest BCUT2D eigenvalue weighted by molar-refractivity contribution is 6.30. The molecule has 4 nitrogen and oxygen atoms in total. The lowest BCUT2D eigenvalue weighted by Crippen LogP contribution is -2.38. The van der Waals surface area contributed by atoms with Crippen molar-refractivity contribution in [2.24, 2.45) is 12.9 Å². The minimum Gasteiger partial charge on any atom is -0.276 e. The molecule has 3 N–H and O–H groups in total. The van der Waals surface area contributed by atoms with E-state index in [0.717, 1.165) is 5.56 Å². The number of aryl methyl sites for hydroxylation is 1. The average molecular weight is 283 g/mol. The summed E-state index contributed by atoms with van der Waals surface area (Å²) in [5, 5.41) is 4.23. The smallest absolute Gasteiger partial charge is 0.145 e. The predicted octanol–water partition coefficient (Wildman–Crippen LogP) is 1.83. The molecule has 1 atom stereocenters. The van der Waals surface area contributed by atoms with E-state index in [1.165, 1.54) is 6.07 Å². The summed E-state index contributed by atoms with van der Waals surface area (Å²) in [6, 6.07) is 4.91. The van der Waals surface area contributed by atoms with Gasteiger partial charge < -0.3 is 0 Å². The molecule has 0 spiro atoms. The van der Waals surface area contributed by atoms with Crippen LogP contribution in [0.1, 0.15) is 11.1 Å². The van der Waals surface area contributed by atoms with Crippen LogP contribution >= 0.6 is 11.6 Å². The van der Waals surface area contributed by atoms with Crippen LogP contribution in [-0.4, -0.2) is 15.8 Å². The van der Waals surface area contributed by atoms with Crippen LogP contribution in [0.15, 0.2) is 30.6 Å². The quantitative estimate of drug-likeness (QED) is 0.650. The van der Waals surface area contributed by atoms with E-state index in [4.69, 9.17) is 17.4 Å². The van der Waals surface area contributed by atoms with Gasteiger partial charge in [0.25, 0.3) is 0 Å². The number of nitrogens with two attached hydrogens (primary N) is 1. The van der Waals surface area contributed by atoms with Gasteiger partial charge in [0, 0.05) is 19.3 Å². The van der Waals surface area contributed by atoms with Crippen LogP contribution in [0.5, 0.6) is 0 Å². The van der Waals surface area contributed by atoms with Crippen molar-refractivity contribution in [2.45, 2.75) is 18.9 Å². The molecular weight excluding hydrogens is 267 g/mol. The molecule has 1 aromatic carbocycles. The third-order valence-electron chi connectivity index (χ3n) is 2.97. The van der Waals surface area contributed by atoms with Crippen molar-refractivity contribution in [3.8, 4) is 0 Å². The van der Waals surface area contributed by atoms with Crippen molar-refractivity contribution < 1.29 is 4.39 Å². The summed E-state index contributed by atoms with van der Waals surface area (Å²) in [6.45, 7) is 0. The Hall–Kier alpha value is -1.43. The van der Waals surface area contributed by atoms with Crippen molar-refractivity contribution in [2.75, 3.05) is 0 Å². The number of aromatic nitrogens is 2. The Morgan fingerprint density at radius 3 is 2.89 bits per heavy atom. The molecule has 1 aromatic heterocycles. The third kappa shape index (κ3) is 3.53. The summed E-state index contributed by atoms with van der Waals surface area (Å²) in [5.41, 5.74) is 4.31. The van der Waals surface area contributed by atoms with Crippen molar-refractivity contribution in [1.82, 2.24) is 15.2 Å². The number of nitrogens with one attached hydrogen (secondary N) is 1. The van der Waals surface area contributed by atoms with E-state index in [9.17, 15) is 4.39 Å². The van der Waals surface area contributed by atoms with E-state index in [2.05, 4.69) is 10.5 Å². The average Bonchev–Trinajstić information content (AvgIpc) is 2.79. The van der Waals surface area contributed by atoms with Gasteiger partial charge in [-0.15, -0.1) is 0 Å². The summed E-state index contributed by atoms with van der Waals surface area (Å²) >= 11 is 5.76. The zero-order chi connectivity index (χ0) is 13.8. The largest absolute Gasteiger partial charge is 0.276 e. The third-order valence-corrected chi connectivity index (χ3v) is 3.27. The lowest BCUT2D eigenvalue weighted by Gasteiger charge is -2.15. The highest BCUT2D eigenvalue weighted by Crippen LogP contribution is 2.19. The van der Waals surface area contributed by atoms with Gasteiger partial charge in [-0.25, -0.2) is 4.39 Å². The molecule has 1 unspecified atom stereocenters. The Morgan fingerprint density at radius 2 is 2.26 bits per heavy atom. The fourth-order valence-electron chi connectivity index (χ4n) is 2.02. The van der Waals surface area contributed by atoms with Crippen LogP contribution in [0.4, 0.5) is 4.39 Å². The highest BCUT2D eigenvalue weighted by Gasteiger charge is 2.14. The van der Waals surface area contributed by atoms with Gasteiger partial charge in [-0.3, -0.25) is 16.0 Å². The monoisotopic (exact) mass is 282 g/mol. The molecular formula is C13H16ClFN4. The Bertz CT molecular complexity index is 555. The number of rotatable bonds is 5. The molecule has 1 heterocycles. The summed E-state index contributed by atoms with van der Waals surface area (Å²) < 4.78 is 15.5. The van der Waals surface area contributed by atoms with Gasteiger partial charge in [0.2, 0.25) is 0 Å². The fourth-order valence-corrected chi connectivity index (χ4v) is 2.22. The first-order chi connectivity index (χ1) is 9.10. The highest BCUT2D eigenvalue weighted by atomic mass is 35.5. The maximum absolute atomic E-state index is 13.8. The van der Waals surface area contributed by atoms with E-state index in [-0.39, 0.29) is 16.9 Å². The van der Waals surface area contributed by atoms with Crippen molar-refractivity contribution in [1.29, 1.82) is 0 Å². The van der Waals surface area contributed by atoms with Crippen LogP contribution in [-0.2, 0) is 19.9 Å². The Morgan fingerprint density at radius 1 is 1.47 bits per heavy atom. The topological polar surface area (TPSA) is 55.9 Å². The van der Waals surface area contributed by atoms with Crippen LogP contribution < -0.4 is 11.3 Å². The van der Waals surface area contributed by atoms with Crippen LogP contribution in [0.2, 0.25) is 5.02 Å². The van der Waals surface area contributed by atoms with Gasteiger partial charge in [-0.1, -0.05) is 23.7 Å². The van der Waals surface area contributed by atoms with Gasteiger partial charge in [0.15, 0.2) is 0 Å². The second-order valence-corrected chi connectivity index (χ2v) is 4.91. The molecule has 0 aliphatic heterocycles. The molecule has 102 valence electrons. The number of nitrogens with zero attached hydrogens (tertiary/aromatic N) is 2. The first-order valence-corrected chi connectivity index (χ1v) is 6.34. The van der Waals surface area contributed by atoms with Gasteiger partial charge in [-0.2, -0.15) is 5.10 Å². The lowest BCUT2D eigenvalue weighted by atomic mass is 10.0. The minimum absolute atomic E-state index is 0.0721. The molecule has 0 radical (unpaired) electrons. The number of halogens is 2. The molecule has 0 fully saturated rings. The Labute approximate surface area is 116 Å².